The van der Waals surface area contributed by atoms with E-state index in [2.05, 4.69) is 4.98 Å². The molecule has 112 valence electrons. The van der Waals surface area contributed by atoms with E-state index in [0.29, 0.717) is 33.9 Å². The fraction of sp³-hybridized carbons (Fsp3) is 0.222. The van der Waals surface area contributed by atoms with Gasteiger partial charge in [-0.3, -0.25) is 9.59 Å². The van der Waals surface area contributed by atoms with Gasteiger partial charge < -0.3 is 9.40 Å². The Morgan fingerprint density at radius 2 is 1.73 bits per heavy atom. The standard InChI is InChI=1S/C18H17NO3/c1-9-13-7-5-6-8-14(13)22-18(9)17(21)16-10(2)15(12(4)20)11(3)19-16/h5-8,19H,1-4H3. The molecule has 4 heteroatoms. The van der Waals surface area contributed by atoms with Crippen LogP contribution in [-0.2, 0) is 0 Å². The summed E-state index contributed by atoms with van der Waals surface area (Å²) in [7, 11) is 0. The molecule has 2 aromatic heterocycles. The number of nitrogens with one attached hydrogen (secondary N) is 1. The van der Waals surface area contributed by atoms with Gasteiger partial charge in [0.2, 0.25) is 5.78 Å². The molecule has 2 heterocycles. The number of fused-ring (bicyclic) bond motifs is 1. The summed E-state index contributed by atoms with van der Waals surface area (Å²) in [6.45, 7) is 6.96. The normalized spacial score (nSPS) is 11.1. The molecule has 3 aromatic rings. The van der Waals surface area contributed by atoms with E-state index in [0.717, 1.165) is 10.9 Å². The van der Waals surface area contributed by atoms with Crippen molar-refractivity contribution in [3.8, 4) is 0 Å². The van der Waals surface area contributed by atoms with Crippen molar-refractivity contribution in [2.45, 2.75) is 27.7 Å². The zero-order valence-corrected chi connectivity index (χ0v) is 13.0. The summed E-state index contributed by atoms with van der Waals surface area (Å²) in [5.41, 5.74) is 3.90. The van der Waals surface area contributed by atoms with E-state index in [1.807, 2.05) is 31.2 Å². The highest BCUT2D eigenvalue weighted by atomic mass is 16.3. The van der Waals surface area contributed by atoms with Crippen molar-refractivity contribution < 1.29 is 14.0 Å². The van der Waals surface area contributed by atoms with Crippen LogP contribution >= 0.6 is 0 Å². The first-order valence-electron chi connectivity index (χ1n) is 7.14. The molecule has 0 saturated heterocycles. The van der Waals surface area contributed by atoms with Gasteiger partial charge in [0, 0.05) is 22.2 Å². The molecule has 3 rings (SSSR count). The molecule has 0 spiro atoms. The molecule has 0 amide bonds. The zero-order chi connectivity index (χ0) is 16.0. The highest BCUT2D eigenvalue weighted by Gasteiger charge is 2.25. The molecular formula is C18H17NO3. The fourth-order valence-electron chi connectivity index (χ4n) is 3.01. The average molecular weight is 295 g/mol. The molecule has 0 aliphatic rings. The molecule has 1 aromatic carbocycles. The van der Waals surface area contributed by atoms with Gasteiger partial charge in [0.15, 0.2) is 11.5 Å². The molecular weight excluding hydrogens is 278 g/mol. The number of H-pyrrole nitrogens is 1. The molecule has 0 bridgehead atoms. The molecule has 0 saturated carbocycles. The molecule has 0 unspecified atom stereocenters. The summed E-state index contributed by atoms with van der Waals surface area (Å²) >= 11 is 0. The SMILES string of the molecule is CC(=O)c1c(C)[nH]c(C(=O)c2oc3ccccc3c2C)c1C. The van der Waals surface area contributed by atoms with E-state index in [9.17, 15) is 9.59 Å². The molecule has 0 fully saturated rings. The topological polar surface area (TPSA) is 63.1 Å². The maximum Gasteiger partial charge on any atom is 0.244 e. The number of benzene rings is 1. The molecule has 22 heavy (non-hydrogen) atoms. The highest BCUT2D eigenvalue weighted by Crippen LogP contribution is 2.28. The smallest absolute Gasteiger partial charge is 0.244 e. The summed E-state index contributed by atoms with van der Waals surface area (Å²) in [6, 6.07) is 7.56. The maximum atomic E-state index is 12.8. The Hall–Kier alpha value is -2.62. The Morgan fingerprint density at radius 3 is 2.32 bits per heavy atom. The number of aromatic nitrogens is 1. The lowest BCUT2D eigenvalue weighted by molar-refractivity contribution is 0.100. The van der Waals surface area contributed by atoms with Gasteiger partial charge in [-0.15, -0.1) is 0 Å². The first kappa shape index (κ1) is 14.3. The van der Waals surface area contributed by atoms with Crippen LogP contribution < -0.4 is 0 Å². The van der Waals surface area contributed by atoms with E-state index < -0.39 is 0 Å². The van der Waals surface area contributed by atoms with Crippen LogP contribution in [0.25, 0.3) is 11.0 Å². The number of furan rings is 1. The van der Waals surface area contributed by atoms with Crippen molar-refractivity contribution in [1.29, 1.82) is 0 Å². The number of ketones is 2. The Labute approximate surface area is 128 Å². The summed E-state index contributed by atoms with van der Waals surface area (Å²) in [5, 5.41) is 0.929. The van der Waals surface area contributed by atoms with Gasteiger partial charge in [-0.05, 0) is 39.3 Å². The third kappa shape index (κ3) is 1.99. The van der Waals surface area contributed by atoms with E-state index in [-0.39, 0.29) is 11.6 Å². The minimum atomic E-state index is -0.221. The van der Waals surface area contributed by atoms with Gasteiger partial charge in [0.05, 0.1) is 5.69 Å². The summed E-state index contributed by atoms with van der Waals surface area (Å²) in [6.07, 6.45) is 0. The Bertz CT molecular complexity index is 912. The number of aryl methyl sites for hydroxylation is 2. The predicted molar refractivity (Wildman–Crippen MR) is 84.7 cm³/mol. The number of para-hydroxylation sites is 1. The van der Waals surface area contributed by atoms with Crippen LogP contribution in [0.4, 0.5) is 0 Å². The second-order valence-corrected chi connectivity index (χ2v) is 5.56. The van der Waals surface area contributed by atoms with Crippen molar-refractivity contribution in [3.63, 3.8) is 0 Å². The van der Waals surface area contributed by atoms with Gasteiger partial charge in [-0.1, -0.05) is 18.2 Å². The number of rotatable bonds is 3. The van der Waals surface area contributed by atoms with E-state index in [1.54, 1.807) is 13.8 Å². The zero-order valence-electron chi connectivity index (χ0n) is 13.0. The van der Waals surface area contributed by atoms with Gasteiger partial charge in [-0.25, -0.2) is 0 Å². The second kappa shape index (κ2) is 4.98. The lowest BCUT2D eigenvalue weighted by Gasteiger charge is -1.99. The van der Waals surface area contributed by atoms with Crippen molar-refractivity contribution in [1.82, 2.24) is 4.98 Å². The lowest BCUT2D eigenvalue weighted by atomic mass is 10.0. The van der Waals surface area contributed by atoms with Crippen LogP contribution in [0, 0.1) is 20.8 Å². The van der Waals surface area contributed by atoms with Crippen molar-refractivity contribution >= 4 is 22.5 Å². The van der Waals surface area contributed by atoms with Gasteiger partial charge >= 0.3 is 0 Å². The Kier molecular flexibility index (Phi) is 3.24. The summed E-state index contributed by atoms with van der Waals surface area (Å²) < 4.78 is 5.73. The Balaban J connectivity index is 2.16. The largest absolute Gasteiger partial charge is 0.452 e. The van der Waals surface area contributed by atoms with Crippen LogP contribution in [0.15, 0.2) is 28.7 Å². The minimum absolute atomic E-state index is 0.0494. The van der Waals surface area contributed by atoms with Gasteiger partial charge in [0.25, 0.3) is 0 Å². The van der Waals surface area contributed by atoms with Crippen LogP contribution in [0.2, 0.25) is 0 Å². The third-order valence-electron chi connectivity index (χ3n) is 4.07. The van der Waals surface area contributed by atoms with E-state index in [1.165, 1.54) is 6.92 Å². The first-order valence-corrected chi connectivity index (χ1v) is 7.14. The highest BCUT2D eigenvalue weighted by molar-refractivity contribution is 6.12. The number of carbonyl (C=O) groups excluding carboxylic acids is 2. The van der Waals surface area contributed by atoms with Crippen LogP contribution in [0.5, 0.6) is 0 Å². The maximum absolute atomic E-state index is 12.8. The van der Waals surface area contributed by atoms with Crippen LogP contribution in [0.3, 0.4) is 0 Å². The molecule has 0 atom stereocenters. The minimum Gasteiger partial charge on any atom is -0.452 e. The van der Waals surface area contributed by atoms with Crippen molar-refractivity contribution in [3.05, 3.63) is 58.1 Å². The molecule has 0 aliphatic heterocycles. The molecule has 1 N–H and O–H groups in total. The quantitative estimate of drug-likeness (QED) is 0.739. The van der Waals surface area contributed by atoms with Crippen LogP contribution in [0.1, 0.15) is 50.4 Å². The second-order valence-electron chi connectivity index (χ2n) is 5.56. The monoisotopic (exact) mass is 295 g/mol. The molecule has 0 radical (unpaired) electrons. The lowest BCUT2D eigenvalue weighted by Crippen LogP contribution is -2.04. The van der Waals surface area contributed by atoms with Crippen molar-refractivity contribution in [2.24, 2.45) is 0 Å². The molecule has 4 nitrogen and oxygen atoms in total. The third-order valence-corrected chi connectivity index (χ3v) is 4.07. The molecule has 0 aliphatic carbocycles. The number of Topliss-reactive ketones (excluding diaryl/α,β-unsaturated/α-hetero) is 1. The van der Waals surface area contributed by atoms with Gasteiger partial charge in [0.1, 0.15) is 5.58 Å². The number of carbonyl (C=O) groups is 2. The van der Waals surface area contributed by atoms with Crippen molar-refractivity contribution in [2.75, 3.05) is 0 Å². The number of hydrogen-bond acceptors (Lipinski definition) is 3. The number of hydrogen-bond donors (Lipinski definition) is 1. The fourth-order valence-corrected chi connectivity index (χ4v) is 3.01. The summed E-state index contributed by atoms with van der Waals surface area (Å²) in [4.78, 5) is 27.6. The average Bonchev–Trinajstić information content (AvgIpc) is 2.96. The predicted octanol–water partition coefficient (Wildman–Crippen LogP) is 4.12. The van der Waals surface area contributed by atoms with Crippen LogP contribution in [-0.4, -0.2) is 16.6 Å². The van der Waals surface area contributed by atoms with E-state index in [4.69, 9.17) is 4.42 Å². The first-order chi connectivity index (χ1) is 10.4. The summed E-state index contributed by atoms with van der Waals surface area (Å²) in [5.74, 6) is 0.0501. The number of aromatic amines is 1. The Morgan fingerprint density at radius 1 is 1.05 bits per heavy atom. The van der Waals surface area contributed by atoms with E-state index >= 15 is 0 Å². The van der Waals surface area contributed by atoms with Gasteiger partial charge in [-0.2, -0.15) is 0 Å².